The molecular weight excluding hydrogens is 274 g/mol. The molecule has 84 valence electrons. The second-order valence-corrected chi connectivity index (χ2v) is 4.06. The lowest BCUT2D eigenvalue weighted by Gasteiger charge is -2.08. The molecule has 0 bridgehead atoms. The number of nitrogens with zero attached hydrogens (tertiary/aromatic N) is 1. The molecule has 0 unspecified atom stereocenters. The molecule has 2 rings (SSSR count). The normalized spacial score (nSPS) is 10.4. The van der Waals surface area contributed by atoms with E-state index in [1.165, 1.54) is 13.3 Å². The lowest BCUT2D eigenvalue weighted by Crippen LogP contribution is -1.90. The zero-order valence-electron chi connectivity index (χ0n) is 8.49. The number of anilines is 1. The molecule has 5 nitrogen and oxygen atoms in total. The van der Waals surface area contributed by atoms with Crippen molar-refractivity contribution in [2.45, 2.75) is 0 Å². The van der Waals surface area contributed by atoms with Crippen molar-refractivity contribution in [2.75, 3.05) is 12.8 Å². The van der Waals surface area contributed by atoms with E-state index in [-0.39, 0.29) is 5.75 Å². The van der Waals surface area contributed by atoms with Crippen LogP contribution < -0.4 is 10.5 Å². The number of aromatic nitrogens is 2. The number of halogens is 1. The first-order chi connectivity index (χ1) is 7.63. The van der Waals surface area contributed by atoms with Crippen molar-refractivity contribution < 1.29 is 9.84 Å². The minimum atomic E-state index is 0.0659. The van der Waals surface area contributed by atoms with Gasteiger partial charge in [0, 0.05) is 10.0 Å². The van der Waals surface area contributed by atoms with Crippen LogP contribution in [0.4, 0.5) is 5.69 Å². The maximum absolute atomic E-state index is 9.57. The van der Waals surface area contributed by atoms with Crippen LogP contribution in [0.25, 0.3) is 11.3 Å². The summed E-state index contributed by atoms with van der Waals surface area (Å²) in [5.74, 6) is 0.448. The molecule has 1 aromatic carbocycles. The third kappa shape index (κ3) is 1.71. The maximum Gasteiger partial charge on any atom is 0.161 e. The number of hydrogen-bond donors (Lipinski definition) is 3. The quantitative estimate of drug-likeness (QED) is 0.788. The standard InChI is InChI=1S/C10H10BrN3O2/c1-16-9-2-5(6(11)3-8(9)15)10-7(12)4-13-14-10/h2-4,15H,12H2,1H3,(H,13,14). The van der Waals surface area contributed by atoms with Gasteiger partial charge in [-0.3, -0.25) is 5.10 Å². The van der Waals surface area contributed by atoms with Crippen molar-refractivity contribution in [1.29, 1.82) is 0 Å². The smallest absolute Gasteiger partial charge is 0.161 e. The molecule has 1 aromatic heterocycles. The summed E-state index contributed by atoms with van der Waals surface area (Å²) in [4.78, 5) is 0. The number of nitrogens with one attached hydrogen (secondary N) is 1. The molecule has 0 saturated carbocycles. The van der Waals surface area contributed by atoms with Gasteiger partial charge in [0.15, 0.2) is 11.5 Å². The van der Waals surface area contributed by atoms with Crippen molar-refractivity contribution in [3.8, 4) is 22.8 Å². The van der Waals surface area contributed by atoms with E-state index in [2.05, 4.69) is 26.1 Å². The van der Waals surface area contributed by atoms with Gasteiger partial charge in [0.05, 0.1) is 24.7 Å². The van der Waals surface area contributed by atoms with Gasteiger partial charge >= 0.3 is 0 Å². The molecule has 2 aromatic rings. The van der Waals surface area contributed by atoms with Gasteiger partial charge in [-0.1, -0.05) is 0 Å². The van der Waals surface area contributed by atoms with E-state index in [1.807, 2.05) is 0 Å². The number of ether oxygens (including phenoxy) is 1. The fourth-order valence-corrected chi connectivity index (χ4v) is 1.94. The Balaban J connectivity index is 2.61. The molecule has 4 N–H and O–H groups in total. The second kappa shape index (κ2) is 4.05. The van der Waals surface area contributed by atoms with Gasteiger partial charge in [-0.25, -0.2) is 0 Å². The van der Waals surface area contributed by atoms with E-state index in [0.29, 0.717) is 21.6 Å². The average molecular weight is 284 g/mol. The molecule has 0 radical (unpaired) electrons. The summed E-state index contributed by atoms with van der Waals surface area (Å²) in [5, 5.41) is 16.2. The molecule has 0 amide bonds. The third-order valence-electron chi connectivity index (χ3n) is 2.21. The zero-order chi connectivity index (χ0) is 11.7. The number of nitrogens with two attached hydrogens (primary N) is 1. The fourth-order valence-electron chi connectivity index (χ4n) is 1.41. The average Bonchev–Trinajstić information content (AvgIpc) is 2.65. The number of aromatic hydroxyl groups is 1. The summed E-state index contributed by atoms with van der Waals surface area (Å²) in [7, 11) is 1.49. The van der Waals surface area contributed by atoms with Crippen LogP contribution in [0.1, 0.15) is 0 Å². The van der Waals surface area contributed by atoms with E-state index in [0.717, 1.165) is 5.56 Å². The molecule has 0 aliphatic carbocycles. The van der Waals surface area contributed by atoms with Gasteiger partial charge in [0.2, 0.25) is 0 Å². The molecule has 0 saturated heterocycles. The number of phenolic OH excluding ortho intramolecular Hbond substituents is 1. The van der Waals surface area contributed by atoms with Gasteiger partial charge in [-0.2, -0.15) is 5.10 Å². The third-order valence-corrected chi connectivity index (χ3v) is 2.86. The molecular formula is C10H10BrN3O2. The number of methoxy groups -OCH3 is 1. The highest BCUT2D eigenvalue weighted by Crippen LogP contribution is 2.38. The number of hydrogen-bond acceptors (Lipinski definition) is 4. The molecule has 6 heteroatoms. The van der Waals surface area contributed by atoms with E-state index >= 15 is 0 Å². The number of benzene rings is 1. The molecule has 16 heavy (non-hydrogen) atoms. The number of aromatic amines is 1. The van der Waals surface area contributed by atoms with Gasteiger partial charge < -0.3 is 15.6 Å². The minimum Gasteiger partial charge on any atom is -0.504 e. The first-order valence-electron chi connectivity index (χ1n) is 4.49. The van der Waals surface area contributed by atoms with Crippen LogP contribution in [0, 0.1) is 0 Å². The van der Waals surface area contributed by atoms with Gasteiger partial charge in [-0.15, -0.1) is 0 Å². The summed E-state index contributed by atoms with van der Waals surface area (Å²) >= 11 is 3.35. The summed E-state index contributed by atoms with van der Waals surface area (Å²) in [6.07, 6.45) is 1.53. The predicted molar refractivity (Wildman–Crippen MR) is 64.4 cm³/mol. The number of phenols is 1. The largest absolute Gasteiger partial charge is 0.504 e. The van der Waals surface area contributed by atoms with E-state index < -0.39 is 0 Å². The molecule has 0 aliphatic rings. The Morgan fingerprint density at radius 1 is 1.50 bits per heavy atom. The van der Waals surface area contributed by atoms with Crippen LogP contribution in [0.15, 0.2) is 22.8 Å². The molecule has 0 aliphatic heterocycles. The van der Waals surface area contributed by atoms with E-state index in [1.54, 1.807) is 12.1 Å². The van der Waals surface area contributed by atoms with Crippen LogP contribution in [0.3, 0.4) is 0 Å². The first-order valence-corrected chi connectivity index (χ1v) is 5.28. The van der Waals surface area contributed by atoms with Crippen molar-refractivity contribution in [3.63, 3.8) is 0 Å². The number of nitrogen functional groups attached to an aromatic ring is 1. The highest BCUT2D eigenvalue weighted by molar-refractivity contribution is 9.10. The maximum atomic E-state index is 9.57. The number of rotatable bonds is 2. The Kier molecular flexibility index (Phi) is 2.74. The molecule has 1 heterocycles. The van der Waals surface area contributed by atoms with Crippen molar-refractivity contribution in [3.05, 3.63) is 22.8 Å². The van der Waals surface area contributed by atoms with Crippen LogP contribution in [0.2, 0.25) is 0 Å². The van der Waals surface area contributed by atoms with Crippen molar-refractivity contribution >= 4 is 21.6 Å². The van der Waals surface area contributed by atoms with E-state index in [9.17, 15) is 5.11 Å². The highest BCUT2D eigenvalue weighted by atomic mass is 79.9. The Morgan fingerprint density at radius 2 is 2.25 bits per heavy atom. The summed E-state index contributed by atoms with van der Waals surface area (Å²) in [6, 6.07) is 3.23. The Hall–Kier alpha value is -1.69. The van der Waals surface area contributed by atoms with Crippen molar-refractivity contribution in [1.82, 2.24) is 10.2 Å². The SMILES string of the molecule is COc1cc(-c2[nH]ncc2N)c(Br)cc1O. The van der Waals surface area contributed by atoms with E-state index in [4.69, 9.17) is 10.5 Å². The predicted octanol–water partition coefficient (Wildman–Crippen LogP) is 2.14. The lowest BCUT2D eigenvalue weighted by molar-refractivity contribution is 0.373. The Labute approximate surface area is 100 Å². The zero-order valence-corrected chi connectivity index (χ0v) is 10.1. The summed E-state index contributed by atoms with van der Waals surface area (Å²) in [5.41, 5.74) is 7.76. The fraction of sp³-hybridized carbons (Fsp3) is 0.100. The first kappa shape index (κ1) is 10.8. The highest BCUT2D eigenvalue weighted by Gasteiger charge is 2.13. The Morgan fingerprint density at radius 3 is 2.81 bits per heavy atom. The van der Waals surface area contributed by atoms with Crippen LogP contribution in [-0.2, 0) is 0 Å². The van der Waals surface area contributed by atoms with Gasteiger partial charge in [-0.05, 0) is 28.1 Å². The second-order valence-electron chi connectivity index (χ2n) is 3.20. The van der Waals surface area contributed by atoms with Crippen molar-refractivity contribution in [2.24, 2.45) is 0 Å². The Bertz CT molecular complexity index is 525. The summed E-state index contributed by atoms with van der Waals surface area (Å²) in [6.45, 7) is 0. The van der Waals surface area contributed by atoms with Gasteiger partial charge in [0.25, 0.3) is 0 Å². The van der Waals surface area contributed by atoms with Gasteiger partial charge in [0.1, 0.15) is 0 Å². The van der Waals surface area contributed by atoms with Crippen LogP contribution >= 0.6 is 15.9 Å². The molecule has 0 fully saturated rings. The topological polar surface area (TPSA) is 84.2 Å². The minimum absolute atomic E-state index is 0.0659. The monoisotopic (exact) mass is 283 g/mol. The molecule has 0 atom stereocenters. The summed E-state index contributed by atoms with van der Waals surface area (Å²) < 4.78 is 5.74. The lowest BCUT2D eigenvalue weighted by atomic mass is 10.1. The molecule has 0 spiro atoms. The number of H-pyrrole nitrogens is 1. The van der Waals surface area contributed by atoms with Crippen LogP contribution in [-0.4, -0.2) is 22.4 Å². The van der Waals surface area contributed by atoms with Crippen LogP contribution in [0.5, 0.6) is 11.5 Å².